The van der Waals surface area contributed by atoms with Crippen molar-refractivity contribution in [3.63, 3.8) is 0 Å². The van der Waals surface area contributed by atoms with E-state index in [1.165, 1.54) is 25.2 Å². The topological polar surface area (TPSA) is 56.9 Å². The third-order valence-corrected chi connectivity index (χ3v) is 5.60. The number of halogens is 4. The minimum Gasteiger partial charge on any atom is -0.275 e. The Hall–Kier alpha value is -2.26. The highest BCUT2D eigenvalue weighted by Crippen LogP contribution is 2.38. The molecular weight excluding hydrogens is 391 g/mol. The van der Waals surface area contributed by atoms with Crippen molar-refractivity contribution >= 4 is 21.6 Å². The lowest BCUT2D eigenvalue weighted by molar-refractivity contribution is -0.141. The molecule has 0 atom stereocenters. The van der Waals surface area contributed by atoms with Crippen LogP contribution in [0.3, 0.4) is 0 Å². The molecule has 3 rings (SSSR count). The van der Waals surface area contributed by atoms with Crippen LogP contribution >= 0.6 is 11.6 Å². The van der Waals surface area contributed by atoms with Crippen molar-refractivity contribution in [3.05, 3.63) is 59.0 Å². The normalized spacial score (nSPS) is 12.5. The number of aromatic nitrogens is 3. The number of benzene rings is 1. The summed E-state index contributed by atoms with van der Waals surface area (Å²) in [6, 6.07) is 7.14. The Balaban J connectivity index is 2.24. The van der Waals surface area contributed by atoms with Crippen LogP contribution in [0.2, 0.25) is 5.02 Å². The van der Waals surface area contributed by atoms with E-state index < -0.39 is 21.9 Å². The van der Waals surface area contributed by atoms with Crippen LogP contribution in [0.15, 0.2) is 47.6 Å². The van der Waals surface area contributed by atoms with Crippen molar-refractivity contribution in [3.8, 4) is 11.3 Å². The smallest absolute Gasteiger partial charge is 0.275 e. The summed E-state index contributed by atoms with van der Waals surface area (Å²) in [7, 11) is -2.82. The van der Waals surface area contributed by atoms with Crippen molar-refractivity contribution < 1.29 is 21.6 Å². The van der Waals surface area contributed by atoms with Crippen LogP contribution in [0, 0.1) is 6.92 Å². The van der Waals surface area contributed by atoms with E-state index >= 15 is 0 Å². The molecule has 5 nitrogen and oxygen atoms in total. The Bertz CT molecular complexity index is 1070. The third kappa shape index (κ3) is 3.24. The molecule has 0 aliphatic rings. The number of hydrogen-bond acceptors (Lipinski definition) is 3. The number of alkyl halides is 3. The molecule has 0 saturated carbocycles. The number of aryl methyl sites for hydroxylation is 2. The van der Waals surface area contributed by atoms with Crippen LogP contribution in [0.5, 0.6) is 0 Å². The van der Waals surface area contributed by atoms with E-state index in [0.29, 0.717) is 0 Å². The molecule has 0 aliphatic carbocycles. The first-order chi connectivity index (χ1) is 12.0. The van der Waals surface area contributed by atoms with Gasteiger partial charge in [0.2, 0.25) is 0 Å². The summed E-state index contributed by atoms with van der Waals surface area (Å²) in [5.74, 6) is 0. The van der Waals surface area contributed by atoms with Crippen LogP contribution in [0.25, 0.3) is 11.3 Å². The molecule has 1 aromatic carbocycles. The van der Waals surface area contributed by atoms with Gasteiger partial charge in [-0.3, -0.25) is 4.68 Å². The van der Waals surface area contributed by atoms with Gasteiger partial charge in [0.25, 0.3) is 10.0 Å². The van der Waals surface area contributed by atoms with Crippen LogP contribution < -0.4 is 0 Å². The minimum absolute atomic E-state index is 0.00679. The monoisotopic (exact) mass is 403 g/mol. The zero-order valence-electron chi connectivity index (χ0n) is 13.6. The van der Waals surface area contributed by atoms with Gasteiger partial charge >= 0.3 is 6.18 Å². The highest BCUT2D eigenvalue weighted by Gasteiger charge is 2.38. The van der Waals surface area contributed by atoms with Crippen LogP contribution in [-0.4, -0.2) is 22.2 Å². The molecule has 138 valence electrons. The van der Waals surface area contributed by atoms with Crippen LogP contribution in [0.1, 0.15) is 11.3 Å². The lowest BCUT2D eigenvalue weighted by Gasteiger charge is -2.11. The fraction of sp³-hybridized carbons (Fsp3) is 0.188. The summed E-state index contributed by atoms with van der Waals surface area (Å²) in [6.45, 7) is 1.79. The summed E-state index contributed by atoms with van der Waals surface area (Å²) in [4.78, 5) is -0.0611. The fourth-order valence-corrected chi connectivity index (χ4v) is 4.15. The standard InChI is InChI=1S/C16H13ClF3N3O2S/c1-10-3-5-12(6-4-10)26(24,25)23-8-11(17)7-14(23)13-9-22(2)21-15(13)16(18,19)20/h3-9H,1-2H3. The molecule has 10 heteroatoms. The van der Waals surface area contributed by atoms with E-state index in [9.17, 15) is 21.6 Å². The van der Waals surface area contributed by atoms with E-state index in [1.807, 2.05) is 0 Å². The highest BCUT2D eigenvalue weighted by molar-refractivity contribution is 7.90. The van der Waals surface area contributed by atoms with Crippen LogP contribution in [0.4, 0.5) is 13.2 Å². The second kappa shape index (κ2) is 6.17. The first kappa shape index (κ1) is 18.5. The van der Waals surface area contributed by atoms with Gasteiger partial charge in [0.05, 0.1) is 15.6 Å². The predicted molar refractivity (Wildman–Crippen MR) is 90.4 cm³/mol. The van der Waals surface area contributed by atoms with Gasteiger partial charge in [0, 0.05) is 25.0 Å². The van der Waals surface area contributed by atoms with Crippen molar-refractivity contribution in [2.24, 2.45) is 7.05 Å². The number of rotatable bonds is 3. The summed E-state index contributed by atoms with van der Waals surface area (Å²) in [5.41, 5.74) is -0.921. The SMILES string of the molecule is Cc1ccc(S(=O)(=O)n2cc(Cl)cc2-c2cn(C)nc2C(F)(F)F)cc1. The number of nitrogens with zero attached hydrogens (tertiary/aromatic N) is 3. The molecule has 2 aromatic heterocycles. The lowest BCUT2D eigenvalue weighted by Crippen LogP contribution is -2.14. The first-order valence-electron chi connectivity index (χ1n) is 7.31. The van der Waals surface area contributed by atoms with Crippen LogP contribution in [-0.2, 0) is 23.2 Å². The van der Waals surface area contributed by atoms with Gasteiger partial charge in [-0.25, -0.2) is 12.4 Å². The summed E-state index contributed by atoms with van der Waals surface area (Å²) in [6.07, 6.45) is -2.57. The van der Waals surface area contributed by atoms with E-state index in [2.05, 4.69) is 5.10 Å². The van der Waals surface area contributed by atoms with E-state index in [4.69, 9.17) is 11.6 Å². The average molecular weight is 404 g/mol. The molecule has 0 fully saturated rings. The molecule has 26 heavy (non-hydrogen) atoms. The second-order valence-electron chi connectivity index (χ2n) is 5.72. The zero-order valence-corrected chi connectivity index (χ0v) is 15.2. The number of hydrogen-bond donors (Lipinski definition) is 0. The van der Waals surface area contributed by atoms with E-state index in [0.717, 1.165) is 26.6 Å². The molecule has 0 bridgehead atoms. The van der Waals surface area contributed by atoms with Gasteiger partial charge in [0.15, 0.2) is 5.69 Å². The Morgan fingerprint density at radius 1 is 1.12 bits per heavy atom. The molecule has 0 radical (unpaired) electrons. The lowest BCUT2D eigenvalue weighted by atomic mass is 10.2. The maximum atomic E-state index is 13.3. The van der Waals surface area contributed by atoms with Crippen molar-refractivity contribution in [2.75, 3.05) is 0 Å². The van der Waals surface area contributed by atoms with Gasteiger partial charge in [-0.2, -0.15) is 18.3 Å². The Labute approximate surface area is 152 Å². The average Bonchev–Trinajstić information content (AvgIpc) is 3.10. The second-order valence-corrected chi connectivity index (χ2v) is 7.97. The molecule has 0 aliphatic heterocycles. The zero-order chi connectivity index (χ0) is 19.3. The highest BCUT2D eigenvalue weighted by atomic mass is 35.5. The van der Waals surface area contributed by atoms with Crippen molar-refractivity contribution in [1.29, 1.82) is 0 Å². The van der Waals surface area contributed by atoms with E-state index in [1.54, 1.807) is 19.1 Å². The summed E-state index contributed by atoms with van der Waals surface area (Å²) in [5, 5.41) is 3.41. The largest absolute Gasteiger partial charge is 0.435 e. The molecule has 0 unspecified atom stereocenters. The van der Waals surface area contributed by atoms with Crippen molar-refractivity contribution in [2.45, 2.75) is 18.0 Å². The fourth-order valence-electron chi connectivity index (χ4n) is 2.52. The van der Waals surface area contributed by atoms with Gasteiger partial charge in [-0.05, 0) is 25.1 Å². The Morgan fingerprint density at radius 3 is 2.31 bits per heavy atom. The molecule has 0 amide bonds. The molecular formula is C16H13ClF3N3O2S. The van der Waals surface area contributed by atoms with Crippen molar-refractivity contribution in [1.82, 2.24) is 13.8 Å². The van der Waals surface area contributed by atoms with Gasteiger partial charge < -0.3 is 0 Å². The molecule has 2 heterocycles. The molecule has 0 saturated heterocycles. The maximum Gasteiger partial charge on any atom is 0.435 e. The summed E-state index contributed by atoms with van der Waals surface area (Å²) >= 11 is 5.91. The predicted octanol–water partition coefficient (Wildman–Crippen LogP) is 4.11. The maximum absolute atomic E-state index is 13.3. The Morgan fingerprint density at radius 2 is 1.73 bits per heavy atom. The Kier molecular flexibility index (Phi) is 4.40. The minimum atomic E-state index is -4.74. The van der Waals surface area contributed by atoms with Gasteiger partial charge in [-0.1, -0.05) is 29.3 Å². The van der Waals surface area contributed by atoms with E-state index in [-0.39, 0.29) is 21.2 Å². The van der Waals surface area contributed by atoms with Gasteiger partial charge in [-0.15, -0.1) is 0 Å². The third-order valence-electron chi connectivity index (χ3n) is 3.70. The molecule has 0 spiro atoms. The quantitative estimate of drug-likeness (QED) is 0.661. The summed E-state index contributed by atoms with van der Waals surface area (Å²) < 4.78 is 67.4. The molecule has 0 N–H and O–H groups in total. The first-order valence-corrected chi connectivity index (χ1v) is 9.13. The molecule has 3 aromatic rings. The van der Waals surface area contributed by atoms with Gasteiger partial charge in [0.1, 0.15) is 0 Å².